The predicted molar refractivity (Wildman–Crippen MR) is 69.5 cm³/mol. The van der Waals surface area contributed by atoms with Gasteiger partial charge in [-0.1, -0.05) is 13.3 Å². The zero-order valence-corrected chi connectivity index (χ0v) is 10.6. The van der Waals surface area contributed by atoms with Crippen LogP contribution in [0.3, 0.4) is 0 Å². The predicted octanol–water partition coefficient (Wildman–Crippen LogP) is 2.91. The lowest BCUT2D eigenvalue weighted by Gasteiger charge is -2.17. The summed E-state index contributed by atoms with van der Waals surface area (Å²) in [6.07, 6.45) is 5.53. The average molecular weight is 232 g/mol. The van der Waals surface area contributed by atoms with E-state index >= 15 is 0 Å². The molecule has 1 atom stereocenters. The molecule has 1 fully saturated rings. The lowest BCUT2D eigenvalue weighted by Crippen LogP contribution is -2.21. The van der Waals surface area contributed by atoms with Crippen LogP contribution >= 0.6 is 0 Å². The molecule has 92 valence electrons. The van der Waals surface area contributed by atoms with Crippen molar-refractivity contribution in [1.82, 2.24) is 4.98 Å². The summed E-state index contributed by atoms with van der Waals surface area (Å²) in [5.41, 5.74) is 0.758. The molecule has 2 heterocycles. The smallest absolute Gasteiger partial charge is 0.159 e. The molecule has 0 bridgehead atoms. The molecule has 0 spiro atoms. The first-order valence-corrected chi connectivity index (χ1v) is 6.42. The molecule has 17 heavy (non-hydrogen) atoms. The Hall–Kier alpha value is -1.38. The molecule has 1 aliphatic rings. The van der Waals surface area contributed by atoms with Crippen LogP contribution in [0.1, 0.15) is 43.5 Å². The number of ketones is 1. The van der Waals surface area contributed by atoms with Crippen LogP contribution in [0.15, 0.2) is 18.3 Å². The summed E-state index contributed by atoms with van der Waals surface area (Å²) in [6.45, 7) is 5.99. The fraction of sp³-hybridized carbons (Fsp3) is 0.571. The number of Topliss-reactive ketones (excluding diaryl/α,β-unsaturated/α-hetero) is 1. The summed E-state index contributed by atoms with van der Waals surface area (Å²) < 4.78 is 0. The zero-order valence-electron chi connectivity index (χ0n) is 10.6. The van der Waals surface area contributed by atoms with Crippen molar-refractivity contribution in [1.29, 1.82) is 0 Å². The molecule has 0 saturated carbocycles. The molecule has 0 aliphatic carbocycles. The number of aromatic nitrogens is 1. The lowest BCUT2D eigenvalue weighted by molar-refractivity contribution is 0.101. The van der Waals surface area contributed by atoms with Crippen molar-refractivity contribution < 1.29 is 4.79 Å². The Labute approximate surface area is 103 Å². The van der Waals surface area contributed by atoms with E-state index in [1.807, 2.05) is 6.07 Å². The molecule has 0 radical (unpaired) electrons. The van der Waals surface area contributed by atoms with Gasteiger partial charge in [0.15, 0.2) is 5.78 Å². The topological polar surface area (TPSA) is 33.2 Å². The summed E-state index contributed by atoms with van der Waals surface area (Å²) in [6, 6.07) is 3.70. The second-order valence-corrected chi connectivity index (χ2v) is 4.85. The van der Waals surface area contributed by atoms with Gasteiger partial charge in [-0.15, -0.1) is 0 Å². The van der Waals surface area contributed by atoms with Crippen LogP contribution in [0.25, 0.3) is 0 Å². The minimum Gasteiger partial charge on any atom is -0.356 e. The molecule has 1 unspecified atom stereocenters. The summed E-state index contributed by atoms with van der Waals surface area (Å²) in [5.74, 6) is 1.86. The fourth-order valence-electron chi connectivity index (χ4n) is 2.49. The number of carbonyl (C=O) groups excluding carboxylic acids is 1. The van der Waals surface area contributed by atoms with Crippen LogP contribution in [0.4, 0.5) is 5.82 Å². The van der Waals surface area contributed by atoms with Gasteiger partial charge in [-0.3, -0.25) is 4.79 Å². The first-order valence-electron chi connectivity index (χ1n) is 6.42. The third kappa shape index (κ3) is 2.84. The van der Waals surface area contributed by atoms with Gasteiger partial charge in [0.25, 0.3) is 0 Å². The van der Waals surface area contributed by atoms with Gasteiger partial charge < -0.3 is 4.90 Å². The number of rotatable bonds is 4. The quantitative estimate of drug-likeness (QED) is 0.748. The van der Waals surface area contributed by atoms with E-state index in [0.29, 0.717) is 0 Å². The molecule has 0 aromatic carbocycles. The van der Waals surface area contributed by atoms with Gasteiger partial charge in [0.2, 0.25) is 0 Å². The zero-order chi connectivity index (χ0) is 12.3. The minimum atomic E-state index is 0.109. The van der Waals surface area contributed by atoms with E-state index in [9.17, 15) is 4.79 Å². The van der Waals surface area contributed by atoms with Gasteiger partial charge in [-0.25, -0.2) is 4.98 Å². The molecular weight excluding hydrogens is 212 g/mol. The Balaban J connectivity index is 2.08. The maximum atomic E-state index is 11.3. The van der Waals surface area contributed by atoms with Crippen molar-refractivity contribution >= 4 is 11.6 Å². The van der Waals surface area contributed by atoms with Crippen LogP contribution in [0, 0.1) is 5.92 Å². The molecule has 0 amide bonds. The Morgan fingerprint density at radius 2 is 2.41 bits per heavy atom. The molecule has 3 nitrogen and oxygen atoms in total. The van der Waals surface area contributed by atoms with Gasteiger partial charge >= 0.3 is 0 Å². The van der Waals surface area contributed by atoms with Gasteiger partial charge in [0, 0.05) is 24.8 Å². The Kier molecular flexibility index (Phi) is 3.77. The fourth-order valence-corrected chi connectivity index (χ4v) is 2.49. The largest absolute Gasteiger partial charge is 0.356 e. The van der Waals surface area contributed by atoms with Crippen molar-refractivity contribution in [3.05, 3.63) is 23.9 Å². The molecule has 0 N–H and O–H groups in total. The number of hydrogen-bond acceptors (Lipinski definition) is 3. The highest BCUT2D eigenvalue weighted by atomic mass is 16.1. The number of hydrogen-bond donors (Lipinski definition) is 0. The van der Waals surface area contributed by atoms with Crippen molar-refractivity contribution in [3.8, 4) is 0 Å². The van der Waals surface area contributed by atoms with E-state index in [1.54, 1.807) is 19.2 Å². The Morgan fingerprint density at radius 3 is 3.12 bits per heavy atom. The van der Waals surface area contributed by atoms with Gasteiger partial charge in [-0.05, 0) is 37.8 Å². The number of nitrogens with zero attached hydrogens (tertiary/aromatic N) is 2. The van der Waals surface area contributed by atoms with E-state index in [2.05, 4.69) is 16.8 Å². The lowest BCUT2D eigenvalue weighted by atomic mass is 10.0. The number of anilines is 1. The first kappa shape index (κ1) is 12.1. The normalized spacial score (nSPS) is 19.6. The van der Waals surface area contributed by atoms with Crippen LogP contribution in [-0.4, -0.2) is 23.9 Å². The highest BCUT2D eigenvalue weighted by molar-refractivity contribution is 5.94. The monoisotopic (exact) mass is 232 g/mol. The third-order valence-electron chi connectivity index (χ3n) is 3.46. The summed E-state index contributed by atoms with van der Waals surface area (Å²) in [4.78, 5) is 18.0. The van der Waals surface area contributed by atoms with Gasteiger partial charge in [-0.2, -0.15) is 0 Å². The third-order valence-corrected chi connectivity index (χ3v) is 3.46. The first-order chi connectivity index (χ1) is 8.20. The van der Waals surface area contributed by atoms with Crippen molar-refractivity contribution in [3.63, 3.8) is 0 Å². The second-order valence-electron chi connectivity index (χ2n) is 4.85. The molecule has 2 rings (SSSR count). The summed E-state index contributed by atoms with van der Waals surface area (Å²) in [5, 5.41) is 0. The minimum absolute atomic E-state index is 0.109. The average Bonchev–Trinajstić information content (AvgIpc) is 2.78. The standard InChI is InChI=1S/C14H20N2O/c1-3-4-12-6-8-16(10-12)14-9-13(11(2)17)5-7-15-14/h5,7,9,12H,3-4,6,8,10H2,1-2H3. The Morgan fingerprint density at radius 1 is 1.59 bits per heavy atom. The molecule has 1 saturated heterocycles. The molecular formula is C14H20N2O. The van der Waals surface area contributed by atoms with Crippen molar-refractivity contribution in [2.45, 2.75) is 33.1 Å². The van der Waals surface area contributed by atoms with E-state index in [4.69, 9.17) is 0 Å². The van der Waals surface area contributed by atoms with Crippen LogP contribution in [0.2, 0.25) is 0 Å². The molecule has 3 heteroatoms. The summed E-state index contributed by atoms with van der Waals surface area (Å²) in [7, 11) is 0. The number of carbonyl (C=O) groups is 1. The van der Waals surface area contributed by atoms with Gasteiger partial charge in [0.05, 0.1) is 0 Å². The SMILES string of the molecule is CCCC1CCN(c2cc(C(C)=O)ccn2)C1. The van der Waals surface area contributed by atoms with Crippen molar-refractivity contribution in [2.75, 3.05) is 18.0 Å². The van der Waals surface area contributed by atoms with E-state index in [-0.39, 0.29) is 5.78 Å². The van der Waals surface area contributed by atoms with Crippen LogP contribution < -0.4 is 4.90 Å². The number of pyridine rings is 1. The van der Waals surface area contributed by atoms with Crippen molar-refractivity contribution in [2.24, 2.45) is 5.92 Å². The van der Waals surface area contributed by atoms with E-state index < -0.39 is 0 Å². The van der Waals surface area contributed by atoms with Gasteiger partial charge in [0.1, 0.15) is 5.82 Å². The maximum Gasteiger partial charge on any atom is 0.159 e. The Bertz CT molecular complexity index is 403. The van der Waals surface area contributed by atoms with E-state index in [0.717, 1.165) is 30.4 Å². The highest BCUT2D eigenvalue weighted by Crippen LogP contribution is 2.25. The summed E-state index contributed by atoms with van der Waals surface area (Å²) >= 11 is 0. The molecule has 1 aliphatic heterocycles. The van der Waals surface area contributed by atoms with Crippen LogP contribution in [-0.2, 0) is 0 Å². The molecule has 1 aromatic heterocycles. The van der Waals surface area contributed by atoms with E-state index in [1.165, 1.54) is 19.3 Å². The second kappa shape index (κ2) is 5.30. The maximum absolute atomic E-state index is 11.3. The van der Waals surface area contributed by atoms with Crippen LogP contribution in [0.5, 0.6) is 0 Å². The highest BCUT2D eigenvalue weighted by Gasteiger charge is 2.22. The molecule has 1 aromatic rings.